The summed E-state index contributed by atoms with van der Waals surface area (Å²) in [5.41, 5.74) is 1.96. The fraction of sp³-hybridized carbons (Fsp3) is 0.400. The smallest absolute Gasteiger partial charge is 0.213 e. The number of hydrogen-bond donors (Lipinski definition) is 2. The van der Waals surface area contributed by atoms with Crippen LogP contribution >= 0.6 is 0 Å². The minimum atomic E-state index is 0.527. The second-order valence-electron chi connectivity index (χ2n) is 9.18. The fourth-order valence-electron chi connectivity index (χ4n) is 5.04. The van der Waals surface area contributed by atoms with Crippen molar-refractivity contribution < 1.29 is 9.26 Å². The molecule has 9 nitrogen and oxygen atoms in total. The predicted molar refractivity (Wildman–Crippen MR) is 130 cm³/mol. The Morgan fingerprint density at radius 2 is 2.06 bits per heavy atom. The van der Waals surface area contributed by atoms with Gasteiger partial charge in [-0.25, -0.2) is 4.98 Å². The van der Waals surface area contributed by atoms with Crippen molar-refractivity contribution in [1.82, 2.24) is 25.2 Å². The normalized spacial score (nSPS) is 20.9. The molecular weight excluding hydrogens is 430 g/mol. The molecule has 5 heterocycles. The van der Waals surface area contributed by atoms with Crippen molar-refractivity contribution in [3.63, 3.8) is 0 Å². The summed E-state index contributed by atoms with van der Waals surface area (Å²) in [5, 5.41) is 15.6. The highest BCUT2D eigenvalue weighted by atomic mass is 16.5. The number of hydrogen-bond acceptors (Lipinski definition) is 8. The number of ether oxygens (including phenoxy) is 1. The Bertz CT molecular complexity index is 1210. The number of aromatic nitrogens is 4. The Labute approximate surface area is 198 Å². The third-order valence-corrected chi connectivity index (χ3v) is 6.91. The number of benzene rings is 1. The number of piperazine rings is 1. The monoisotopic (exact) mass is 459 g/mol. The molecule has 2 atom stereocenters. The summed E-state index contributed by atoms with van der Waals surface area (Å²) in [6.45, 7) is 5.48. The first-order valence-electron chi connectivity index (χ1n) is 12.0. The molecule has 2 aliphatic heterocycles. The SMILES string of the molecule is c1ccc2c(N3CCN4C[C@H](COc5ccc(CNc6ccn[nH]6)cn5)CC[C@@H]4C3)noc2c1. The zero-order chi connectivity index (χ0) is 22.7. The predicted octanol–water partition coefficient (Wildman–Crippen LogP) is 3.54. The lowest BCUT2D eigenvalue weighted by Gasteiger charge is -2.46. The molecule has 0 spiro atoms. The molecular formula is C25H29N7O2. The van der Waals surface area contributed by atoms with Gasteiger partial charge in [-0.05, 0) is 36.6 Å². The minimum absolute atomic E-state index is 0.527. The third-order valence-electron chi connectivity index (χ3n) is 6.91. The Hall–Kier alpha value is -3.59. The maximum atomic E-state index is 6.05. The van der Waals surface area contributed by atoms with Gasteiger partial charge in [-0.15, -0.1) is 0 Å². The summed E-state index contributed by atoms with van der Waals surface area (Å²) >= 11 is 0. The van der Waals surface area contributed by atoms with Gasteiger partial charge in [0, 0.05) is 56.9 Å². The summed E-state index contributed by atoms with van der Waals surface area (Å²) < 4.78 is 11.6. The van der Waals surface area contributed by atoms with Crippen LogP contribution in [0.3, 0.4) is 0 Å². The van der Waals surface area contributed by atoms with Gasteiger partial charge in [0.1, 0.15) is 5.82 Å². The van der Waals surface area contributed by atoms with Crippen molar-refractivity contribution in [2.75, 3.05) is 43.0 Å². The van der Waals surface area contributed by atoms with E-state index in [0.29, 0.717) is 31.0 Å². The van der Waals surface area contributed by atoms with Crippen molar-refractivity contribution >= 4 is 22.6 Å². The van der Waals surface area contributed by atoms with Gasteiger partial charge in [-0.1, -0.05) is 23.4 Å². The second-order valence-corrected chi connectivity index (χ2v) is 9.18. The highest BCUT2D eigenvalue weighted by molar-refractivity contribution is 5.88. The Balaban J connectivity index is 0.987. The van der Waals surface area contributed by atoms with E-state index >= 15 is 0 Å². The van der Waals surface area contributed by atoms with Crippen LogP contribution < -0.4 is 15.0 Å². The average molecular weight is 460 g/mol. The van der Waals surface area contributed by atoms with Gasteiger partial charge in [0.2, 0.25) is 5.88 Å². The van der Waals surface area contributed by atoms with Crippen molar-refractivity contribution in [2.45, 2.75) is 25.4 Å². The summed E-state index contributed by atoms with van der Waals surface area (Å²) in [6, 6.07) is 14.6. The molecule has 0 radical (unpaired) electrons. The summed E-state index contributed by atoms with van der Waals surface area (Å²) in [5.74, 6) is 3.09. The molecule has 0 aliphatic carbocycles. The van der Waals surface area contributed by atoms with Crippen LogP contribution in [0.4, 0.5) is 11.6 Å². The number of H-pyrrole nitrogens is 1. The first kappa shape index (κ1) is 21.0. The van der Waals surface area contributed by atoms with E-state index in [1.165, 1.54) is 12.8 Å². The standard InChI is InChI=1S/C25H29N7O2/c1-2-4-22-21(3-1)25(30-34-22)32-12-11-31-15-19(5-7-20(31)16-32)17-33-24-8-6-18(14-27-24)13-26-23-9-10-28-29-23/h1-4,6,8-10,14,19-20H,5,7,11-13,15-17H2,(H2,26,28,29)/t19-,20-/m1/s1. The largest absolute Gasteiger partial charge is 0.477 e. The lowest BCUT2D eigenvalue weighted by atomic mass is 9.91. The first-order valence-corrected chi connectivity index (χ1v) is 12.0. The number of para-hydroxylation sites is 1. The lowest BCUT2D eigenvalue weighted by Crippen LogP contribution is -2.57. The van der Waals surface area contributed by atoms with Gasteiger partial charge in [-0.3, -0.25) is 10.00 Å². The molecule has 0 saturated carbocycles. The molecule has 0 amide bonds. The number of fused-ring (bicyclic) bond motifs is 2. The lowest BCUT2D eigenvalue weighted by molar-refractivity contribution is 0.0717. The third kappa shape index (κ3) is 4.43. The maximum Gasteiger partial charge on any atom is 0.213 e. The van der Waals surface area contributed by atoms with Gasteiger partial charge in [0.15, 0.2) is 11.4 Å². The van der Waals surface area contributed by atoms with Crippen molar-refractivity contribution in [3.8, 4) is 5.88 Å². The molecule has 1 aromatic carbocycles. The fourth-order valence-corrected chi connectivity index (χ4v) is 5.04. The van der Waals surface area contributed by atoms with Crippen LogP contribution in [0, 0.1) is 5.92 Å². The summed E-state index contributed by atoms with van der Waals surface area (Å²) in [6.07, 6.45) is 5.93. The van der Waals surface area contributed by atoms with E-state index in [0.717, 1.165) is 54.3 Å². The molecule has 2 fully saturated rings. The molecule has 0 unspecified atom stereocenters. The van der Waals surface area contributed by atoms with E-state index < -0.39 is 0 Å². The van der Waals surface area contributed by atoms with Crippen molar-refractivity contribution in [1.29, 1.82) is 0 Å². The van der Waals surface area contributed by atoms with E-state index in [9.17, 15) is 0 Å². The molecule has 4 aromatic rings. The highest BCUT2D eigenvalue weighted by Crippen LogP contribution is 2.31. The molecule has 2 aliphatic rings. The van der Waals surface area contributed by atoms with Gasteiger partial charge in [0.05, 0.1) is 18.2 Å². The Morgan fingerprint density at radius 1 is 1.09 bits per heavy atom. The van der Waals surface area contributed by atoms with Crippen LogP contribution in [0.5, 0.6) is 5.88 Å². The van der Waals surface area contributed by atoms with Gasteiger partial charge >= 0.3 is 0 Å². The Morgan fingerprint density at radius 3 is 2.94 bits per heavy atom. The molecule has 34 heavy (non-hydrogen) atoms. The molecule has 9 heteroatoms. The van der Waals surface area contributed by atoms with Gasteiger partial charge < -0.3 is 19.5 Å². The zero-order valence-corrected chi connectivity index (χ0v) is 19.1. The number of piperidine rings is 1. The molecule has 2 saturated heterocycles. The molecule has 0 bridgehead atoms. The summed E-state index contributed by atoms with van der Waals surface area (Å²) in [4.78, 5) is 9.49. The number of rotatable bonds is 7. The summed E-state index contributed by atoms with van der Waals surface area (Å²) in [7, 11) is 0. The van der Waals surface area contributed by atoms with E-state index in [1.54, 1.807) is 6.20 Å². The van der Waals surface area contributed by atoms with Crippen LogP contribution in [0.1, 0.15) is 18.4 Å². The second kappa shape index (κ2) is 9.34. The van der Waals surface area contributed by atoms with Crippen LogP contribution in [-0.4, -0.2) is 64.1 Å². The molecule has 6 rings (SSSR count). The van der Waals surface area contributed by atoms with E-state index in [-0.39, 0.29) is 0 Å². The number of pyridine rings is 1. The first-order chi connectivity index (χ1) is 16.8. The van der Waals surface area contributed by atoms with Crippen LogP contribution in [-0.2, 0) is 6.54 Å². The maximum absolute atomic E-state index is 6.05. The van der Waals surface area contributed by atoms with Crippen molar-refractivity contribution in [2.24, 2.45) is 5.92 Å². The zero-order valence-electron chi connectivity index (χ0n) is 19.1. The van der Waals surface area contributed by atoms with Crippen LogP contribution in [0.15, 0.2) is 59.4 Å². The van der Waals surface area contributed by atoms with E-state index in [2.05, 4.69) is 47.6 Å². The van der Waals surface area contributed by atoms with Gasteiger partial charge in [0.25, 0.3) is 0 Å². The van der Waals surface area contributed by atoms with Crippen LogP contribution in [0.25, 0.3) is 11.0 Å². The van der Waals surface area contributed by atoms with E-state index in [4.69, 9.17) is 9.26 Å². The van der Waals surface area contributed by atoms with Crippen LogP contribution in [0.2, 0.25) is 0 Å². The van der Waals surface area contributed by atoms with E-state index in [1.807, 2.05) is 36.5 Å². The minimum Gasteiger partial charge on any atom is -0.477 e. The molecule has 2 N–H and O–H groups in total. The Kier molecular flexibility index (Phi) is 5.76. The quantitative estimate of drug-likeness (QED) is 0.433. The average Bonchev–Trinajstić information content (AvgIpc) is 3.57. The van der Waals surface area contributed by atoms with Crippen molar-refractivity contribution in [3.05, 3.63) is 60.4 Å². The molecule has 3 aromatic heterocycles. The number of anilines is 2. The van der Waals surface area contributed by atoms with Gasteiger partial charge in [-0.2, -0.15) is 5.10 Å². The highest BCUT2D eigenvalue weighted by Gasteiger charge is 2.34. The number of aromatic amines is 1. The number of nitrogens with zero attached hydrogens (tertiary/aromatic N) is 5. The number of nitrogens with one attached hydrogen (secondary N) is 2. The topological polar surface area (TPSA) is 95.3 Å². The molecule has 176 valence electrons.